The SMILES string of the molecule is CCOc1ccccc1CN(C)C(=O)c1csc(CN)n1.Cl. The number of rotatable bonds is 6. The van der Waals surface area contributed by atoms with Gasteiger partial charge in [0, 0.05) is 31.1 Å². The highest BCUT2D eigenvalue weighted by molar-refractivity contribution is 7.09. The number of hydrogen-bond acceptors (Lipinski definition) is 5. The first-order valence-electron chi connectivity index (χ1n) is 6.76. The molecule has 0 aliphatic carbocycles. The van der Waals surface area contributed by atoms with Crippen LogP contribution in [0.5, 0.6) is 5.75 Å². The number of ether oxygens (including phenoxy) is 1. The fraction of sp³-hybridized carbons (Fsp3) is 0.333. The lowest BCUT2D eigenvalue weighted by Gasteiger charge is -2.18. The molecule has 1 aromatic carbocycles. The summed E-state index contributed by atoms with van der Waals surface area (Å²) in [7, 11) is 1.76. The standard InChI is InChI=1S/C15H19N3O2S.ClH/c1-3-20-13-7-5-4-6-11(13)9-18(2)15(19)12-10-21-14(8-16)17-12;/h4-7,10H,3,8-9,16H2,1-2H3;1H. The molecule has 0 spiro atoms. The minimum Gasteiger partial charge on any atom is -0.494 e. The van der Waals surface area contributed by atoms with Crippen molar-refractivity contribution in [2.75, 3.05) is 13.7 Å². The van der Waals surface area contributed by atoms with Crippen LogP contribution in [0.1, 0.15) is 28.0 Å². The number of benzene rings is 1. The molecule has 0 aliphatic heterocycles. The van der Waals surface area contributed by atoms with Gasteiger partial charge in [-0.25, -0.2) is 4.98 Å². The van der Waals surface area contributed by atoms with Crippen LogP contribution in [0, 0.1) is 0 Å². The molecule has 120 valence electrons. The highest BCUT2D eigenvalue weighted by Crippen LogP contribution is 2.20. The lowest BCUT2D eigenvalue weighted by Crippen LogP contribution is -2.26. The summed E-state index contributed by atoms with van der Waals surface area (Å²) in [5.41, 5.74) is 6.94. The average molecular weight is 342 g/mol. The molecule has 2 aromatic rings. The third-order valence-corrected chi connectivity index (χ3v) is 3.84. The molecular formula is C15H20ClN3O2S. The molecule has 0 saturated heterocycles. The summed E-state index contributed by atoms with van der Waals surface area (Å²) in [6.07, 6.45) is 0. The van der Waals surface area contributed by atoms with Gasteiger partial charge in [-0.15, -0.1) is 23.7 Å². The Morgan fingerprint density at radius 1 is 1.41 bits per heavy atom. The molecule has 0 unspecified atom stereocenters. The van der Waals surface area contributed by atoms with Crippen LogP contribution in [0.2, 0.25) is 0 Å². The Morgan fingerprint density at radius 3 is 2.77 bits per heavy atom. The largest absolute Gasteiger partial charge is 0.494 e. The van der Waals surface area contributed by atoms with Crippen LogP contribution < -0.4 is 10.5 Å². The molecule has 0 fully saturated rings. The van der Waals surface area contributed by atoms with Crippen LogP contribution in [0.15, 0.2) is 29.6 Å². The van der Waals surface area contributed by atoms with Crippen molar-refractivity contribution >= 4 is 29.7 Å². The van der Waals surface area contributed by atoms with Crippen molar-refractivity contribution in [1.29, 1.82) is 0 Å². The molecule has 7 heteroatoms. The average Bonchev–Trinajstić information content (AvgIpc) is 2.97. The molecule has 0 atom stereocenters. The maximum Gasteiger partial charge on any atom is 0.273 e. The minimum absolute atomic E-state index is 0. The Hall–Kier alpha value is -1.63. The van der Waals surface area contributed by atoms with Crippen molar-refractivity contribution in [3.05, 3.63) is 45.9 Å². The number of amides is 1. The van der Waals surface area contributed by atoms with Crippen LogP contribution in [-0.2, 0) is 13.1 Å². The minimum atomic E-state index is -0.114. The third-order valence-electron chi connectivity index (χ3n) is 2.97. The van der Waals surface area contributed by atoms with E-state index in [1.54, 1.807) is 17.3 Å². The van der Waals surface area contributed by atoms with E-state index in [0.29, 0.717) is 25.4 Å². The summed E-state index contributed by atoms with van der Waals surface area (Å²) >= 11 is 1.40. The monoisotopic (exact) mass is 341 g/mol. The van der Waals surface area contributed by atoms with E-state index < -0.39 is 0 Å². The van der Waals surface area contributed by atoms with Crippen molar-refractivity contribution in [1.82, 2.24) is 9.88 Å². The van der Waals surface area contributed by atoms with E-state index in [1.165, 1.54) is 11.3 Å². The Balaban J connectivity index is 0.00000242. The lowest BCUT2D eigenvalue weighted by molar-refractivity contribution is 0.0779. The third kappa shape index (κ3) is 4.43. The topological polar surface area (TPSA) is 68.5 Å². The predicted octanol–water partition coefficient (Wildman–Crippen LogP) is 2.69. The Bertz CT molecular complexity index is 618. The number of carbonyl (C=O) groups excluding carboxylic acids is 1. The van der Waals surface area contributed by atoms with Crippen molar-refractivity contribution in [2.45, 2.75) is 20.0 Å². The van der Waals surface area contributed by atoms with Crippen molar-refractivity contribution in [3.8, 4) is 5.75 Å². The van der Waals surface area contributed by atoms with E-state index in [1.807, 2.05) is 31.2 Å². The number of carbonyl (C=O) groups is 1. The van der Waals surface area contributed by atoms with Gasteiger partial charge in [-0.3, -0.25) is 4.79 Å². The normalized spacial score (nSPS) is 9.95. The molecule has 0 radical (unpaired) electrons. The van der Waals surface area contributed by atoms with Crippen LogP contribution >= 0.6 is 23.7 Å². The van der Waals surface area contributed by atoms with Crippen molar-refractivity contribution in [3.63, 3.8) is 0 Å². The van der Waals surface area contributed by atoms with Gasteiger partial charge in [0.15, 0.2) is 0 Å². The molecule has 0 bridgehead atoms. The summed E-state index contributed by atoms with van der Waals surface area (Å²) < 4.78 is 5.58. The summed E-state index contributed by atoms with van der Waals surface area (Å²) in [5.74, 6) is 0.692. The summed E-state index contributed by atoms with van der Waals surface area (Å²) in [6, 6.07) is 7.73. The lowest BCUT2D eigenvalue weighted by atomic mass is 10.2. The van der Waals surface area contributed by atoms with E-state index in [0.717, 1.165) is 16.3 Å². The number of hydrogen-bond donors (Lipinski definition) is 1. The van der Waals surface area contributed by atoms with Gasteiger partial charge in [0.25, 0.3) is 5.91 Å². The summed E-state index contributed by atoms with van der Waals surface area (Å²) in [6.45, 7) is 3.37. The molecule has 1 aromatic heterocycles. The summed E-state index contributed by atoms with van der Waals surface area (Å²) in [5, 5.41) is 2.51. The highest BCUT2D eigenvalue weighted by Gasteiger charge is 2.16. The maximum absolute atomic E-state index is 12.3. The Morgan fingerprint density at radius 2 is 2.14 bits per heavy atom. The Kier molecular flexibility index (Phi) is 7.31. The molecular weight excluding hydrogens is 322 g/mol. The molecule has 1 amide bonds. The number of thiazole rings is 1. The zero-order chi connectivity index (χ0) is 15.2. The van der Waals surface area contributed by atoms with Crippen LogP contribution in [0.4, 0.5) is 0 Å². The summed E-state index contributed by atoms with van der Waals surface area (Å²) in [4.78, 5) is 18.2. The van der Waals surface area contributed by atoms with E-state index in [9.17, 15) is 4.79 Å². The first-order chi connectivity index (χ1) is 10.2. The number of halogens is 1. The van der Waals surface area contributed by atoms with Crippen LogP contribution in [0.3, 0.4) is 0 Å². The predicted molar refractivity (Wildman–Crippen MR) is 90.7 cm³/mol. The first-order valence-corrected chi connectivity index (χ1v) is 7.64. The fourth-order valence-electron chi connectivity index (χ4n) is 1.96. The number of nitrogens with two attached hydrogens (primary N) is 1. The van der Waals surface area contributed by atoms with Gasteiger partial charge in [-0.2, -0.15) is 0 Å². The van der Waals surface area contributed by atoms with Gasteiger partial charge < -0.3 is 15.4 Å². The number of para-hydroxylation sites is 1. The van der Waals surface area contributed by atoms with Gasteiger partial charge in [-0.05, 0) is 13.0 Å². The van der Waals surface area contributed by atoms with Crippen LogP contribution in [0.25, 0.3) is 0 Å². The van der Waals surface area contributed by atoms with E-state index >= 15 is 0 Å². The Labute approximate surface area is 140 Å². The van der Waals surface area contributed by atoms with E-state index in [4.69, 9.17) is 10.5 Å². The second kappa shape index (κ2) is 8.73. The quantitative estimate of drug-likeness (QED) is 0.877. The van der Waals surface area contributed by atoms with Gasteiger partial charge in [0.2, 0.25) is 0 Å². The van der Waals surface area contributed by atoms with Gasteiger partial charge in [0.05, 0.1) is 6.61 Å². The maximum atomic E-state index is 12.3. The second-order valence-corrected chi connectivity index (χ2v) is 5.48. The molecule has 22 heavy (non-hydrogen) atoms. The number of nitrogens with zero attached hydrogens (tertiary/aromatic N) is 2. The fourth-order valence-corrected chi connectivity index (χ4v) is 2.60. The van der Waals surface area contributed by atoms with Crippen molar-refractivity contribution in [2.24, 2.45) is 5.73 Å². The van der Waals surface area contributed by atoms with E-state index in [2.05, 4.69) is 4.98 Å². The highest BCUT2D eigenvalue weighted by atomic mass is 35.5. The smallest absolute Gasteiger partial charge is 0.273 e. The van der Waals surface area contributed by atoms with E-state index in [-0.39, 0.29) is 18.3 Å². The molecule has 5 nitrogen and oxygen atoms in total. The van der Waals surface area contributed by atoms with Gasteiger partial charge in [0.1, 0.15) is 16.5 Å². The van der Waals surface area contributed by atoms with Gasteiger partial charge >= 0.3 is 0 Å². The first kappa shape index (κ1) is 18.4. The molecule has 2 rings (SSSR count). The zero-order valence-electron chi connectivity index (χ0n) is 12.6. The number of aromatic nitrogens is 1. The molecule has 2 N–H and O–H groups in total. The molecule has 0 saturated carbocycles. The zero-order valence-corrected chi connectivity index (χ0v) is 14.2. The molecule has 1 heterocycles. The van der Waals surface area contributed by atoms with Crippen molar-refractivity contribution < 1.29 is 9.53 Å². The van der Waals surface area contributed by atoms with Gasteiger partial charge in [-0.1, -0.05) is 18.2 Å². The van der Waals surface area contributed by atoms with Crippen LogP contribution in [-0.4, -0.2) is 29.4 Å². The molecule has 0 aliphatic rings. The second-order valence-electron chi connectivity index (χ2n) is 4.53.